The number of anilines is 1. The van der Waals surface area contributed by atoms with E-state index in [9.17, 15) is 0 Å². The molecule has 0 unspecified atom stereocenters. The maximum atomic E-state index is 4.30. The zero-order valence-corrected chi connectivity index (χ0v) is 16.9. The standard InChI is InChI=1S/C20H34N4S/c1-17-10-13-24(14-11-17)19-8-6-18(7-9-19)16-23-20(21-2)22-12-4-5-15-25-3/h6-9,17H,4-5,10-16H2,1-3H3,(H2,21,22,23). The van der Waals surface area contributed by atoms with Gasteiger partial charge in [-0.3, -0.25) is 4.99 Å². The average molecular weight is 363 g/mol. The Hall–Kier alpha value is -1.36. The minimum Gasteiger partial charge on any atom is -0.372 e. The molecule has 1 heterocycles. The largest absolute Gasteiger partial charge is 0.372 e. The van der Waals surface area contributed by atoms with E-state index in [2.05, 4.69) is 58.0 Å². The molecular formula is C20H34N4S. The van der Waals surface area contributed by atoms with Crippen molar-refractivity contribution in [1.82, 2.24) is 10.6 Å². The number of nitrogens with one attached hydrogen (secondary N) is 2. The molecule has 0 radical (unpaired) electrons. The van der Waals surface area contributed by atoms with E-state index < -0.39 is 0 Å². The van der Waals surface area contributed by atoms with E-state index in [4.69, 9.17) is 0 Å². The van der Waals surface area contributed by atoms with Crippen LogP contribution in [0.15, 0.2) is 29.3 Å². The van der Waals surface area contributed by atoms with Crippen LogP contribution in [0.1, 0.15) is 38.2 Å². The van der Waals surface area contributed by atoms with Crippen molar-refractivity contribution < 1.29 is 0 Å². The summed E-state index contributed by atoms with van der Waals surface area (Å²) in [7, 11) is 1.83. The van der Waals surface area contributed by atoms with Gasteiger partial charge in [-0.25, -0.2) is 0 Å². The number of rotatable bonds is 8. The Morgan fingerprint density at radius 1 is 1.16 bits per heavy atom. The van der Waals surface area contributed by atoms with Crippen LogP contribution in [0.4, 0.5) is 5.69 Å². The minimum atomic E-state index is 0.807. The van der Waals surface area contributed by atoms with Crippen LogP contribution in [-0.4, -0.2) is 44.7 Å². The molecule has 2 N–H and O–H groups in total. The van der Waals surface area contributed by atoms with Crippen molar-refractivity contribution in [2.75, 3.05) is 43.6 Å². The van der Waals surface area contributed by atoms with Gasteiger partial charge in [0.05, 0.1) is 0 Å². The number of aliphatic imine (C=N–C) groups is 1. The maximum absolute atomic E-state index is 4.30. The lowest BCUT2D eigenvalue weighted by molar-refractivity contribution is 0.438. The molecule has 1 fully saturated rings. The molecular weight excluding hydrogens is 328 g/mol. The summed E-state index contributed by atoms with van der Waals surface area (Å²) >= 11 is 1.91. The Bertz CT molecular complexity index is 507. The molecule has 2 rings (SSSR count). The zero-order valence-electron chi connectivity index (χ0n) is 16.1. The summed E-state index contributed by atoms with van der Waals surface area (Å²) in [6.45, 7) is 6.52. The van der Waals surface area contributed by atoms with Crippen molar-refractivity contribution in [3.8, 4) is 0 Å². The Kier molecular flexibility index (Phi) is 9.02. The average Bonchev–Trinajstić information content (AvgIpc) is 2.65. The first-order chi connectivity index (χ1) is 12.2. The molecule has 1 aromatic rings. The van der Waals surface area contributed by atoms with Gasteiger partial charge in [-0.05, 0) is 61.3 Å². The van der Waals surface area contributed by atoms with Gasteiger partial charge in [0.1, 0.15) is 0 Å². The van der Waals surface area contributed by atoms with Gasteiger partial charge >= 0.3 is 0 Å². The molecule has 1 aliphatic rings. The Balaban J connectivity index is 1.73. The summed E-state index contributed by atoms with van der Waals surface area (Å²) in [6, 6.07) is 8.97. The molecule has 0 aromatic heterocycles. The van der Waals surface area contributed by atoms with Gasteiger partial charge in [-0.15, -0.1) is 0 Å². The summed E-state index contributed by atoms with van der Waals surface area (Å²) in [6.07, 6.45) is 7.21. The second kappa shape index (κ2) is 11.3. The molecule has 0 atom stereocenters. The van der Waals surface area contributed by atoms with Gasteiger partial charge < -0.3 is 15.5 Å². The molecule has 1 aliphatic heterocycles. The maximum Gasteiger partial charge on any atom is 0.191 e. The van der Waals surface area contributed by atoms with E-state index in [1.165, 1.54) is 55.8 Å². The van der Waals surface area contributed by atoms with E-state index >= 15 is 0 Å². The van der Waals surface area contributed by atoms with Gasteiger partial charge in [0.15, 0.2) is 5.96 Å². The number of benzene rings is 1. The molecule has 4 nitrogen and oxygen atoms in total. The van der Waals surface area contributed by atoms with Crippen molar-refractivity contribution in [2.24, 2.45) is 10.9 Å². The zero-order chi connectivity index (χ0) is 17.9. The number of hydrogen-bond donors (Lipinski definition) is 2. The van der Waals surface area contributed by atoms with E-state index in [0.29, 0.717) is 0 Å². The summed E-state index contributed by atoms with van der Waals surface area (Å²) in [5.41, 5.74) is 2.64. The number of piperidine rings is 1. The lowest BCUT2D eigenvalue weighted by atomic mass is 9.99. The molecule has 1 saturated heterocycles. The normalized spacial score (nSPS) is 16.1. The quantitative estimate of drug-likeness (QED) is 0.420. The third kappa shape index (κ3) is 7.18. The number of guanidine groups is 1. The van der Waals surface area contributed by atoms with Crippen LogP contribution in [0.5, 0.6) is 0 Å². The third-order valence-electron chi connectivity index (χ3n) is 4.84. The van der Waals surface area contributed by atoms with Crippen LogP contribution in [0.25, 0.3) is 0 Å². The Morgan fingerprint density at radius 3 is 2.52 bits per heavy atom. The van der Waals surface area contributed by atoms with E-state index in [1.807, 2.05) is 18.8 Å². The van der Waals surface area contributed by atoms with Gasteiger partial charge in [0.25, 0.3) is 0 Å². The van der Waals surface area contributed by atoms with Crippen molar-refractivity contribution in [3.63, 3.8) is 0 Å². The first-order valence-corrected chi connectivity index (χ1v) is 10.9. The van der Waals surface area contributed by atoms with Crippen LogP contribution >= 0.6 is 11.8 Å². The van der Waals surface area contributed by atoms with E-state index in [0.717, 1.165) is 25.0 Å². The number of thioether (sulfide) groups is 1. The molecule has 0 bridgehead atoms. The van der Waals surface area contributed by atoms with Crippen LogP contribution in [0.2, 0.25) is 0 Å². The van der Waals surface area contributed by atoms with Crippen LogP contribution < -0.4 is 15.5 Å². The van der Waals surface area contributed by atoms with Gasteiger partial charge in [0, 0.05) is 38.9 Å². The molecule has 1 aromatic carbocycles. The lowest BCUT2D eigenvalue weighted by Crippen LogP contribution is -2.37. The molecule has 0 saturated carbocycles. The second-order valence-electron chi connectivity index (χ2n) is 6.89. The molecule has 140 valence electrons. The smallest absolute Gasteiger partial charge is 0.191 e. The summed E-state index contributed by atoms with van der Waals surface area (Å²) in [4.78, 5) is 6.81. The van der Waals surface area contributed by atoms with Crippen LogP contribution in [0.3, 0.4) is 0 Å². The number of nitrogens with zero attached hydrogens (tertiary/aromatic N) is 2. The molecule has 0 aliphatic carbocycles. The highest BCUT2D eigenvalue weighted by atomic mass is 32.2. The van der Waals surface area contributed by atoms with Crippen molar-refractivity contribution in [1.29, 1.82) is 0 Å². The highest BCUT2D eigenvalue weighted by Crippen LogP contribution is 2.23. The van der Waals surface area contributed by atoms with E-state index in [-0.39, 0.29) is 0 Å². The van der Waals surface area contributed by atoms with Crippen molar-refractivity contribution in [3.05, 3.63) is 29.8 Å². The summed E-state index contributed by atoms with van der Waals surface area (Å²) in [5, 5.41) is 6.79. The monoisotopic (exact) mass is 362 g/mol. The fourth-order valence-electron chi connectivity index (χ4n) is 3.08. The lowest BCUT2D eigenvalue weighted by Gasteiger charge is -2.32. The van der Waals surface area contributed by atoms with Gasteiger partial charge in [-0.1, -0.05) is 19.1 Å². The molecule has 25 heavy (non-hydrogen) atoms. The third-order valence-corrected chi connectivity index (χ3v) is 5.53. The highest BCUT2D eigenvalue weighted by molar-refractivity contribution is 7.98. The fraction of sp³-hybridized carbons (Fsp3) is 0.650. The predicted molar refractivity (Wildman–Crippen MR) is 113 cm³/mol. The predicted octanol–water partition coefficient (Wildman–Crippen LogP) is 3.73. The molecule has 0 spiro atoms. The van der Waals surface area contributed by atoms with Gasteiger partial charge in [0.2, 0.25) is 0 Å². The number of hydrogen-bond acceptors (Lipinski definition) is 3. The first-order valence-electron chi connectivity index (χ1n) is 9.50. The van der Waals surface area contributed by atoms with Crippen molar-refractivity contribution >= 4 is 23.4 Å². The molecule has 5 heteroatoms. The van der Waals surface area contributed by atoms with Crippen LogP contribution in [0, 0.1) is 5.92 Å². The van der Waals surface area contributed by atoms with Crippen LogP contribution in [-0.2, 0) is 6.54 Å². The van der Waals surface area contributed by atoms with Gasteiger partial charge in [-0.2, -0.15) is 11.8 Å². The fourth-order valence-corrected chi connectivity index (χ4v) is 3.57. The minimum absolute atomic E-state index is 0.807. The number of unbranched alkanes of at least 4 members (excludes halogenated alkanes) is 1. The summed E-state index contributed by atoms with van der Waals surface area (Å²) in [5.74, 6) is 2.99. The van der Waals surface area contributed by atoms with E-state index in [1.54, 1.807) is 0 Å². The Morgan fingerprint density at radius 2 is 1.88 bits per heavy atom. The van der Waals surface area contributed by atoms with Crippen molar-refractivity contribution in [2.45, 2.75) is 39.2 Å². The summed E-state index contributed by atoms with van der Waals surface area (Å²) < 4.78 is 0. The topological polar surface area (TPSA) is 39.7 Å². The molecule has 0 amide bonds. The highest BCUT2D eigenvalue weighted by Gasteiger charge is 2.15. The Labute approximate surface area is 157 Å². The SMILES string of the molecule is CN=C(NCCCCSC)NCc1ccc(N2CCC(C)CC2)cc1. The first kappa shape index (κ1) is 20.0. The second-order valence-corrected chi connectivity index (χ2v) is 7.87.